The number of para-hydroxylation sites is 1. The van der Waals surface area contributed by atoms with E-state index in [1.54, 1.807) is 0 Å². The standard InChI is InChI=1S/C19H15N3O3/c1-10-7-8-12-15(9-10)21-19(24)16(12)18-17(22-25-11(2)23)13-5-3-4-6-14(13)20-18/h3-9,21,24H,1-2H3/b22-17-. The van der Waals surface area contributed by atoms with E-state index in [-0.39, 0.29) is 5.88 Å². The summed E-state index contributed by atoms with van der Waals surface area (Å²) >= 11 is 0. The van der Waals surface area contributed by atoms with Crippen LogP contribution in [0.5, 0.6) is 5.88 Å². The fourth-order valence-electron chi connectivity index (χ4n) is 2.99. The normalized spacial score (nSPS) is 14.6. The number of rotatable bonds is 2. The number of nitrogens with zero attached hydrogens (tertiary/aromatic N) is 2. The predicted octanol–water partition coefficient (Wildman–Crippen LogP) is 3.58. The van der Waals surface area contributed by atoms with Crippen molar-refractivity contribution < 1.29 is 14.7 Å². The van der Waals surface area contributed by atoms with E-state index < -0.39 is 5.97 Å². The predicted molar refractivity (Wildman–Crippen MR) is 95.6 cm³/mol. The lowest BCUT2D eigenvalue weighted by Crippen LogP contribution is -2.14. The molecular formula is C19H15N3O3. The Hall–Kier alpha value is -3.41. The average Bonchev–Trinajstić information content (AvgIpc) is 3.08. The van der Waals surface area contributed by atoms with Gasteiger partial charge >= 0.3 is 5.97 Å². The first kappa shape index (κ1) is 15.1. The molecule has 2 heterocycles. The first-order valence-electron chi connectivity index (χ1n) is 7.80. The van der Waals surface area contributed by atoms with Crippen LogP contribution in [0.3, 0.4) is 0 Å². The SMILES string of the molecule is CC(=O)O/N=C1\C(c2c(O)[nH]c3cc(C)ccc23)=Nc2ccccc21. The molecule has 4 rings (SSSR count). The number of aromatic nitrogens is 1. The molecular weight excluding hydrogens is 318 g/mol. The van der Waals surface area contributed by atoms with Gasteiger partial charge in [0.2, 0.25) is 0 Å². The number of aryl methyl sites for hydroxylation is 1. The minimum atomic E-state index is -0.519. The highest BCUT2D eigenvalue weighted by atomic mass is 16.7. The number of aromatic hydroxyl groups is 1. The first-order chi connectivity index (χ1) is 12.0. The molecule has 0 bridgehead atoms. The average molecular weight is 333 g/mol. The summed E-state index contributed by atoms with van der Waals surface area (Å²) in [4.78, 5) is 23.6. The molecule has 1 aromatic heterocycles. The van der Waals surface area contributed by atoms with Gasteiger partial charge in [-0.3, -0.25) is 0 Å². The zero-order chi connectivity index (χ0) is 17.6. The van der Waals surface area contributed by atoms with Crippen LogP contribution in [0.25, 0.3) is 10.9 Å². The molecule has 0 spiro atoms. The number of carbonyl (C=O) groups is 1. The van der Waals surface area contributed by atoms with Crippen LogP contribution in [0.1, 0.15) is 23.6 Å². The number of nitrogens with one attached hydrogen (secondary N) is 1. The van der Waals surface area contributed by atoms with Gasteiger partial charge in [0.25, 0.3) is 0 Å². The number of aromatic amines is 1. The van der Waals surface area contributed by atoms with E-state index in [1.807, 2.05) is 49.4 Å². The minimum absolute atomic E-state index is 0.00248. The molecule has 2 N–H and O–H groups in total. The van der Waals surface area contributed by atoms with Crippen molar-refractivity contribution in [2.45, 2.75) is 13.8 Å². The molecule has 0 unspecified atom stereocenters. The number of benzene rings is 2. The van der Waals surface area contributed by atoms with Gasteiger partial charge in [-0.25, -0.2) is 9.79 Å². The van der Waals surface area contributed by atoms with Crippen molar-refractivity contribution in [2.24, 2.45) is 10.1 Å². The maximum atomic E-state index is 11.2. The molecule has 0 atom stereocenters. The van der Waals surface area contributed by atoms with Crippen molar-refractivity contribution in [3.63, 3.8) is 0 Å². The van der Waals surface area contributed by atoms with Crippen LogP contribution in [-0.2, 0) is 9.63 Å². The van der Waals surface area contributed by atoms with Gasteiger partial charge in [0.15, 0.2) is 5.88 Å². The van der Waals surface area contributed by atoms with Gasteiger partial charge in [-0.05, 0) is 24.6 Å². The first-order valence-corrected chi connectivity index (χ1v) is 7.80. The van der Waals surface area contributed by atoms with Crippen molar-refractivity contribution in [1.82, 2.24) is 4.98 Å². The van der Waals surface area contributed by atoms with Gasteiger partial charge < -0.3 is 14.9 Å². The molecule has 0 fully saturated rings. The second-order valence-electron chi connectivity index (χ2n) is 5.90. The van der Waals surface area contributed by atoms with E-state index in [0.717, 1.165) is 22.0 Å². The number of carbonyl (C=O) groups excluding carboxylic acids is 1. The van der Waals surface area contributed by atoms with Crippen LogP contribution in [-0.4, -0.2) is 27.5 Å². The minimum Gasteiger partial charge on any atom is -0.494 e. The molecule has 0 radical (unpaired) electrons. The van der Waals surface area contributed by atoms with Gasteiger partial charge in [-0.15, -0.1) is 0 Å². The lowest BCUT2D eigenvalue weighted by atomic mass is 10.0. The second kappa shape index (κ2) is 5.59. The smallest absolute Gasteiger partial charge is 0.332 e. The fourth-order valence-corrected chi connectivity index (χ4v) is 2.99. The Morgan fingerprint density at radius 1 is 1.24 bits per heavy atom. The van der Waals surface area contributed by atoms with E-state index in [2.05, 4.69) is 15.1 Å². The lowest BCUT2D eigenvalue weighted by Gasteiger charge is -2.03. The molecule has 1 aliphatic rings. The molecule has 0 amide bonds. The number of fused-ring (bicyclic) bond motifs is 2. The summed E-state index contributed by atoms with van der Waals surface area (Å²) in [5.74, 6) is -0.516. The van der Waals surface area contributed by atoms with E-state index in [0.29, 0.717) is 22.7 Å². The van der Waals surface area contributed by atoms with Crippen LogP contribution in [0, 0.1) is 6.92 Å². The summed E-state index contributed by atoms with van der Waals surface area (Å²) in [6.07, 6.45) is 0. The topological polar surface area (TPSA) is 87.0 Å². The van der Waals surface area contributed by atoms with Gasteiger partial charge in [-0.2, -0.15) is 0 Å². The Kier molecular flexibility index (Phi) is 3.39. The van der Waals surface area contributed by atoms with Crippen LogP contribution in [0.4, 0.5) is 5.69 Å². The lowest BCUT2D eigenvalue weighted by molar-refractivity contribution is -0.140. The number of hydrogen-bond acceptors (Lipinski definition) is 5. The summed E-state index contributed by atoms with van der Waals surface area (Å²) in [7, 11) is 0. The molecule has 6 nitrogen and oxygen atoms in total. The molecule has 25 heavy (non-hydrogen) atoms. The van der Waals surface area contributed by atoms with Crippen LogP contribution >= 0.6 is 0 Å². The maximum absolute atomic E-state index is 11.2. The maximum Gasteiger partial charge on any atom is 0.332 e. The van der Waals surface area contributed by atoms with Crippen molar-refractivity contribution in [1.29, 1.82) is 0 Å². The molecule has 1 aliphatic heterocycles. The molecule has 0 aliphatic carbocycles. The third-order valence-electron chi connectivity index (χ3n) is 4.05. The van der Waals surface area contributed by atoms with Crippen molar-refractivity contribution in [2.75, 3.05) is 0 Å². The highest BCUT2D eigenvalue weighted by molar-refractivity contribution is 6.58. The summed E-state index contributed by atoms with van der Waals surface area (Å²) in [6.45, 7) is 3.27. The van der Waals surface area contributed by atoms with E-state index in [4.69, 9.17) is 4.84 Å². The van der Waals surface area contributed by atoms with Crippen LogP contribution in [0.2, 0.25) is 0 Å². The summed E-state index contributed by atoms with van der Waals surface area (Å²) in [5.41, 5.74) is 4.77. The molecule has 124 valence electrons. The van der Waals surface area contributed by atoms with Crippen LogP contribution in [0.15, 0.2) is 52.6 Å². The Labute approximate surface area is 143 Å². The number of oxime groups is 1. The summed E-state index contributed by atoms with van der Waals surface area (Å²) in [5, 5.41) is 15.3. The number of H-pyrrole nitrogens is 1. The Morgan fingerprint density at radius 2 is 2.04 bits per heavy atom. The monoisotopic (exact) mass is 333 g/mol. The highest BCUT2D eigenvalue weighted by Gasteiger charge is 2.29. The van der Waals surface area contributed by atoms with Gasteiger partial charge in [0.1, 0.15) is 11.4 Å². The van der Waals surface area contributed by atoms with Crippen molar-refractivity contribution >= 4 is 34.0 Å². The fraction of sp³-hybridized carbons (Fsp3) is 0.105. The van der Waals surface area contributed by atoms with Gasteiger partial charge in [0.05, 0.1) is 11.3 Å². The molecule has 0 saturated heterocycles. The van der Waals surface area contributed by atoms with Gasteiger partial charge in [0, 0.05) is 23.4 Å². The number of hydrogen-bond donors (Lipinski definition) is 2. The molecule has 0 saturated carbocycles. The van der Waals surface area contributed by atoms with Crippen molar-refractivity contribution in [3.05, 3.63) is 59.2 Å². The Bertz CT molecular complexity index is 1080. The number of aliphatic imine (C=N–C) groups is 1. The van der Waals surface area contributed by atoms with Crippen molar-refractivity contribution in [3.8, 4) is 5.88 Å². The van der Waals surface area contributed by atoms with Crippen LogP contribution < -0.4 is 0 Å². The van der Waals surface area contributed by atoms with E-state index in [1.165, 1.54) is 6.92 Å². The summed E-state index contributed by atoms with van der Waals surface area (Å²) < 4.78 is 0. The quantitative estimate of drug-likeness (QED) is 0.555. The third-order valence-corrected chi connectivity index (χ3v) is 4.05. The van der Waals surface area contributed by atoms with Gasteiger partial charge in [-0.1, -0.05) is 35.5 Å². The molecule has 6 heteroatoms. The molecule has 2 aromatic carbocycles. The second-order valence-corrected chi connectivity index (χ2v) is 5.90. The highest BCUT2D eigenvalue weighted by Crippen LogP contribution is 2.35. The Morgan fingerprint density at radius 3 is 2.84 bits per heavy atom. The largest absolute Gasteiger partial charge is 0.494 e. The zero-order valence-corrected chi connectivity index (χ0v) is 13.7. The van der Waals surface area contributed by atoms with E-state index in [9.17, 15) is 9.90 Å². The zero-order valence-electron chi connectivity index (χ0n) is 13.7. The molecule has 3 aromatic rings. The Balaban J connectivity index is 1.94. The van der Waals surface area contributed by atoms with E-state index >= 15 is 0 Å². The summed E-state index contributed by atoms with van der Waals surface area (Å²) in [6, 6.07) is 13.3. The third kappa shape index (κ3) is 2.48.